The van der Waals surface area contributed by atoms with E-state index in [1.54, 1.807) is 11.9 Å². The molecule has 1 fully saturated rings. The Morgan fingerprint density at radius 1 is 1.33 bits per heavy atom. The fraction of sp³-hybridized carbons (Fsp3) is 0.786. The summed E-state index contributed by atoms with van der Waals surface area (Å²) in [7, 11) is 1.61. The van der Waals surface area contributed by atoms with Crippen molar-refractivity contribution in [3.05, 3.63) is 0 Å². The number of hydrogen-bond acceptors (Lipinski definition) is 3. The summed E-state index contributed by atoms with van der Waals surface area (Å²) in [4.78, 5) is 38.0. The van der Waals surface area contributed by atoms with Gasteiger partial charge in [0, 0.05) is 32.1 Å². The highest BCUT2D eigenvalue weighted by atomic mass is 16.4. The predicted octanol–water partition coefficient (Wildman–Crippen LogP) is 0.750. The van der Waals surface area contributed by atoms with Gasteiger partial charge >= 0.3 is 12.0 Å². The van der Waals surface area contributed by atoms with Crippen molar-refractivity contribution in [2.45, 2.75) is 39.2 Å². The lowest BCUT2D eigenvalue weighted by Crippen LogP contribution is -2.52. The van der Waals surface area contributed by atoms with Crippen molar-refractivity contribution in [1.29, 1.82) is 0 Å². The van der Waals surface area contributed by atoms with Gasteiger partial charge in [-0.25, -0.2) is 4.79 Å². The zero-order valence-electron chi connectivity index (χ0n) is 13.0. The van der Waals surface area contributed by atoms with E-state index in [0.717, 1.165) is 0 Å². The van der Waals surface area contributed by atoms with E-state index in [9.17, 15) is 14.4 Å². The first-order valence-electron chi connectivity index (χ1n) is 7.39. The van der Waals surface area contributed by atoms with Gasteiger partial charge in [-0.15, -0.1) is 0 Å². The number of piperidine rings is 1. The minimum atomic E-state index is -1.01. The summed E-state index contributed by atoms with van der Waals surface area (Å²) in [5.41, 5.74) is 0. The molecular weight excluding hydrogens is 274 g/mol. The van der Waals surface area contributed by atoms with Crippen LogP contribution in [0.2, 0.25) is 0 Å². The second-order valence-corrected chi connectivity index (χ2v) is 5.44. The molecule has 7 nitrogen and oxygen atoms in total. The molecule has 0 aromatic heterocycles. The number of nitrogens with zero attached hydrogens (tertiary/aromatic N) is 2. The van der Waals surface area contributed by atoms with E-state index in [-0.39, 0.29) is 30.4 Å². The first-order chi connectivity index (χ1) is 9.90. The molecule has 1 unspecified atom stereocenters. The molecule has 0 aromatic rings. The SMILES string of the molecule is CCC(C)N(CC(=O)O)C(=O)N1CCC(C(=O)NC)CC1. The van der Waals surface area contributed by atoms with Gasteiger partial charge in [0.05, 0.1) is 0 Å². The van der Waals surface area contributed by atoms with Crippen molar-refractivity contribution < 1.29 is 19.5 Å². The number of hydrogen-bond donors (Lipinski definition) is 2. The first-order valence-corrected chi connectivity index (χ1v) is 7.39. The Balaban J connectivity index is 2.65. The Labute approximate surface area is 125 Å². The van der Waals surface area contributed by atoms with Crippen LogP contribution in [0.15, 0.2) is 0 Å². The number of likely N-dealkylation sites (tertiary alicyclic amines) is 1. The van der Waals surface area contributed by atoms with Crippen LogP contribution in [0.4, 0.5) is 4.79 Å². The average molecular weight is 299 g/mol. The van der Waals surface area contributed by atoms with Crippen LogP contribution in [0.1, 0.15) is 33.1 Å². The molecule has 21 heavy (non-hydrogen) atoms. The van der Waals surface area contributed by atoms with Crippen LogP contribution in [-0.4, -0.2) is 65.5 Å². The van der Waals surface area contributed by atoms with Gasteiger partial charge in [-0.3, -0.25) is 9.59 Å². The third-order valence-corrected chi connectivity index (χ3v) is 4.06. The Kier molecular flexibility index (Phi) is 6.45. The summed E-state index contributed by atoms with van der Waals surface area (Å²) in [6.07, 6.45) is 1.94. The minimum Gasteiger partial charge on any atom is -0.480 e. The topological polar surface area (TPSA) is 90.0 Å². The molecule has 1 aliphatic rings. The molecule has 2 N–H and O–H groups in total. The summed E-state index contributed by atoms with van der Waals surface area (Å²) < 4.78 is 0. The van der Waals surface area contributed by atoms with Gasteiger partial charge < -0.3 is 20.2 Å². The van der Waals surface area contributed by atoms with Crippen LogP contribution in [0.3, 0.4) is 0 Å². The van der Waals surface area contributed by atoms with E-state index in [0.29, 0.717) is 32.4 Å². The number of urea groups is 1. The fourth-order valence-corrected chi connectivity index (χ4v) is 2.50. The lowest BCUT2D eigenvalue weighted by Gasteiger charge is -2.37. The lowest BCUT2D eigenvalue weighted by atomic mass is 9.96. The second-order valence-electron chi connectivity index (χ2n) is 5.44. The van der Waals surface area contributed by atoms with Crippen LogP contribution in [0.5, 0.6) is 0 Å². The summed E-state index contributed by atoms with van der Waals surface area (Å²) >= 11 is 0. The summed E-state index contributed by atoms with van der Waals surface area (Å²) in [5, 5.41) is 11.6. The van der Waals surface area contributed by atoms with Gasteiger partial charge in [0.15, 0.2) is 0 Å². The molecule has 0 aromatic carbocycles. The predicted molar refractivity (Wildman–Crippen MR) is 77.9 cm³/mol. The highest BCUT2D eigenvalue weighted by Crippen LogP contribution is 2.19. The monoisotopic (exact) mass is 299 g/mol. The van der Waals surface area contributed by atoms with Crippen molar-refractivity contribution in [2.75, 3.05) is 26.7 Å². The molecule has 1 saturated heterocycles. The first kappa shape index (κ1) is 17.3. The Morgan fingerprint density at radius 3 is 2.33 bits per heavy atom. The molecule has 0 bridgehead atoms. The highest BCUT2D eigenvalue weighted by Gasteiger charge is 2.31. The molecule has 7 heteroatoms. The molecule has 120 valence electrons. The number of carbonyl (C=O) groups is 3. The molecule has 1 rings (SSSR count). The van der Waals surface area contributed by atoms with Gasteiger partial charge in [0.25, 0.3) is 0 Å². The van der Waals surface area contributed by atoms with E-state index in [4.69, 9.17) is 5.11 Å². The van der Waals surface area contributed by atoms with Crippen molar-refractivity contribution in [1.82, 2.24) is 15.1 Å². The molecule has 1 atom stereocenters. The maximum atomic E-state index is 12.5. The molecule has 1 aliphatic heterocycles. The highest BCUT2D eigenvalue weighted by molar-refractivity contribution is 5.81. The van der Waals surface area contributed by atoms with Gasteiger partial charge in [0.2, 0.25) is 5.91 Å². The molecular formula is C14H25N3O4. The number of nitrogens with one attached hydrogen (secondary N) is 1. The minimum absolute atomic E-state index is 0.00594. The number of amides is 3. The number of aliphatic carboxylic acids is 1. The Hall–Kier alpha value is -1.79. The Morgan fingerprint density at radius 2 is 1.90 bits per heavy atom. The summed E-state index contributed by atoms with van der Waals surface area (Å²) in [6, 6.07) is -0.368. The van der Waals surface area contributed by atoms with Crippen LogP contribution in [0.25, 0.3) is 0 Å². The Bertz CT molecular complexity index is 392. The number of carboxylic acids is 1. The zero-order chi connectivity index (χ0) is 16.0. The molecule has 0 aliphatic carbocycles. The van der Waals surface area contributed by atoms with E-state index in [2.05, 4.69) is 5.32 Å². The summed E-state index contributed by atoms with van der Waals surface area (Å²) in [6.45, 7) is 4.46. The number of rotatable bonds is 5. The third-order valence-electron chi connectivity index (χ3n) is 4.06. The van der Waals surface area contributed by atoms with Crippen molar-refractivity contribution in [3.63, 3.8) is 0 Å². The van der Waals surface area contributed by atoms with Crippen molar-refractivity contribution in [3.8, 4) is 0 Å². The van der Waals surface area contributed by atoms with Gasteiger partial charge in [-0.1, -0.05) is 6.92 Å². The van der Waals surface area contributed by atoms with Gasteiger partial charge in [-0.2, -0.15) is 0 Å². The molecule has 0 saturated carbocycles. The maximum absolute atomic E-state index is 12.5. The number of carboxylic acid groups (broad SMARTS) is 1. The van der Waals surface area contributed by atoms with E-state index in [1.807, 2.05) is 13.8 Å². The number of carbonyl (C=O) groups excluding carboxylic acids is 2. The molecule has 0 spiro atoms. The van der Waals surface area contributed by atoms with E-state index >= 15 is 0 Å². The summed E-state index contributed by atoms with van der Waals surface area (Å²) in [5.74, 6) is -1.06. The quantitative estimate of drug-likeness (QED) is 0.784. The van der Waals surface area contributed by atoms with Crippen molar-refractivity contribution >= 4 is 17.9 Å². The fourth-order valence-electron chi connectivity index (χ4n) is 2.50. The maximum Gasteiger partial charge on any atom is 0.323 e. The largest absolute Gasteiger partial charge is 0.480 e. The zero-order valence-corrected chi connectivity index (χ0v) is 13.0. The van der Waals surface area contributed by atoms with E-state index < -0.39 is 5.97 Å². The smallest absolute Gasteiger partial charge is 0.323 e. The van der Waals surface area contributed by atoms with Crippen LogP contribution in [0, 0.1) is 5.92 Å². The lowest BCUT2D eigenvalue weighted by molar-refractivity contribution is -0.138. The van der Waals surface area contributed by atoms with Crippen LogP contribution >= 0.6 is 0 Å². The van der Waals surface area contributed by atoms with Crippen molar-refractivity contribution in [2.24, 2.45) is 5.92 Å². The second kappa shape index (κ2) is 7.85. The van der Waals surface area contributed by atoms with Gasteiger partial charge in [-0.05, 0) is 26.2 Å². The normalized spacial score (nSPS) is 17.2. The molecule has 1 heterocycles. The molecule has 0 radical (unpaired) electrons. The van der Waals surface area contributed by atoms with Gasteiger partial charge in [0.1, 0.15) is 6.54 Å². The van der Waals surface area contributed by atoms with E-state index in [1.165, 1.54) is 4.90 Å². The van der Waals surface area contributed by atoms with Crippen LogP contribution in [-0.2, 0) is 9.59 Å². The standard InChI is InChI=1S/C14H25N3O4/c1-4-10(2)17(9-12(18)19)14(21)16-7-5-11(6-8-16)13(20)15-3/h10-11H,4-9H2,1-3H3,(H,15,20)(H,18,19). The average Bonchev–Trinajstić information content (AvgIpc) is 2.50. The molecule has 3 amide bonds. The van der Waals surface area contributed by atoms with Crippen LogP contribution < -0.4 is 5.32 Å². The third kappa shape index (κ3) is 4.61.